The van der Waals surface area contributed by atoms with Gasteiger partial charge in [-0.05, 0) is 36.3 Å². The van der Waals surface area contributed by atoms with Gasteiger partial charge in [-0.25, -0.2) is 4.79 Å². The molecule has 1 heterocycles. The number of benzene rings is 2. The Hall–Kier alpha value is -3.26. The molecular weight excluding hydrogens is 404 g/mol. The van der Waals surface area contributed by atoms with E-state index >= 15 is 0 Å². The van der Waals surface area contributed by atoms with Crippen molar-refractivity contribution < 1.29 is 23.1 Å². The quantitative estimate of drug-likeness (QED) is 0.560. The van der Waals surface area contributed by atoms with Crippen LogP contribution in [-0.2, 0) is 10.3 Å². The third-order valence-corrected chi connectivity index (χ3v) is 4.43. The molecule has 1 fully saturated rings. The topological polar surface area (TPSA) is 71.0 Å². The smallest absolute Gasteiger partial charge is 0.387 e. The molecule has 0 spiro atoms. The van der Waals surface area contributed by atoms with Crippen LogP contribution in [0.5, 0.6) is 5.75 Å². The number of ether oxygens (including phenoxy) is 1. The number of amides is 3. The average molecular weight is 420 g/mol. The third-order valence-electron chi connectivity index (χ3n) is 4.23. The molecule has 1 atom stereocenters. The SMILES string of the molecule is CC1(c2ccc(OC(F)F)cc2)NC(=O)N(/N=C/C(Cl)=C/c2ccccc2)C1=O. The van der Waals surface area contributed by atoms with Gasteiger partial charge in [-0.15, -0.1) is 5.01 Å². The van der Waals surface area contributed by atoms with Crippen molar-refractivity contribution >= 4 is 35.8 Å². The average Bonchev–Trinajstić information content (AvgIpc) is 2.90. The Balaban J connectivity index is 1.77. The van der Waals surface area contributed by atoms with Crippen molar-refractivity contribution in [3.05, 3.63) is 70.8 Å². The van der Waals surface area contributed by atoms with Gasteiger partial charge in [0.1, 0.15) is 11.3 Å². The fraction of sp³-hybridized carbons (Fsp3) is 0.150. The van der Waals surface area contributed by atoms with E-state index in [2.05, 4.69) is 15.2 Å². The zero-order chi connectivity index (χ0) is 21.0. The Morgan fingerprint density at radius 3 is 2.45 bits per heavy atom. The Bertz CT molecular complexity index is 965. The van der Waals surface area contributed by atoms with E-state index in [1.165, 1.54) is 37.4 Å². The molecule has 2 aromatic carbocycles. The second-order valence-corrected chi connectivity index (χ2v) is 6.70. The van der Waals surface area contributed by atoms with Crippen molar-refractivity contribution in [1.29, 1.82) is 0 Å². The van der Waals surface area contributed by atoms with Crippen LogP contribution in [0.2, 0.25) is 0 Å². The highest BCUT2D eigenvalue weighted by molar-refractivity contribution is 6.41. The lowest BCUT2D eigenvalue weighted by molar-refractivity contribution is -0.131. The zero-order valence-corrected chi connectivity index (χ0v) is 15.9. The van der Waals surface area contributed by atoms with E-state index in [0.29, 0.717) is 10.6 Å². The second kappa shape index (κ2) is 8.40. The van der Waals surface area contributed by atoms with Crippen molar-refractivity contribution in [2.24, 2.45) is 5.10 Å². The number of carbonyl (C=O) groups excluding carboxylic acids is 2. The summed E-state index contributed by atoms with van der Waals surface area (Å²) in [5, 5.41) is 7.33. The maximum absolute atomic E-state index is 12.8. The number of halogens is 3. The summed E-state index contributed by atoms with van der Waals surface area (Å²) < 4.78 is 28.8. The molecule has 0 saturated carbocycles. The van der Waals surface area contributed by atoms with Crippen molar-refractivity contribution in [3.8, 4) is 5.75 Å². The molecular formula is C20H16ClF2N3O3. The number of hydrazone groups is 1. The molecule has 1 saturated heterocycles. The molecule has 6 nitrogen and oxygen atoms in total. The second-order valence-electron chi connectivity index (χ2n) is 6.26. The minimum atomic E-state index is -2.96. The van der Waals surface area contributed by atoms with Gasteiger partial charge in [0.05, 0.1) is 11.2 Å². The van der Waals surface area contributed by atoms with Crippen molar-refractivity contribution in [3.63, 3.8) is 0 Å². The molecule has 0 radical (unpaired) electrons. The van der Waals surface area contributed by atoms with Crippen LogP contribution >= 0.6 is 11.6 Å². The van der Waals surface area contributed by atoms with Gasteiger partial charge in [-0.3, -0.25) is 4.79 Å². The van der Waals surface area contributed by atoms with Crippen LogP contribution in [0.4, 0.5) is 13.6 Å². The highest BCUT2D eigenvalue weighted by atomic mass is 35.5. The highest BCUT2D eigenvalue weighted by Gasteiger charge is 2.49. The van der Waals surface area contributed by atoms with Crippen LogP contribution in [0.15, 0.2) is 64.7 Å². The van der Waals surface area contributed by atoms with E-state index in [0.717, 1.165) is 5.56 Å². The van der Waals surface area contributed by atoms with Gasteiger partial charge in [0.2, 0.25) is 0 Å². The molecule has 1 aliphatic heterocycles. The summed E-state index contributed by atoms with van der Waals surface area (Å²) in [6.45, 7) is -1.46. The first-order valence-corrected chi connectivity index (χ1v) is 8.85. The first-order chi connectivity index (χ1) is 13.8. The summed E-state index contributed by atoms with van der Waals surface area (Å²) in [7, 11) is 0. The monoisotopic (exact) mass is 419 g/mol. The molecule has 150 valence electrons. The molecule has 1 aliphatic rings. The Kier molecular flexibility index (Phi) is 5.93. The van der Waals surface area contributed by atoms with Gasteiger partial charge in [-0.1, -0.05) is 54.1 Å². The predicted octanol–water partition coefficient (Wildman–Crippen LogP) is 4.32. The van der Waals surface area contributed by atoms with E-state index in [1.807, 2.05) is 30.3 Å². The number of hydrogen-bond donors (Lipinski definition) is 1. The first-order valence-electron chi connectivity index (χ1n) is 8.48. The van der Waals surface area contributed by atoms with Crippen molar-refractivity contribution in [2.75, 3.05) is 0 Å². The summed E-state index contributed by atoms with van der Waals surface area (Å²) in [5.41, 5.74) is -0.189. The number of imide groups is 1. The number of alkyl halides is 2. The molecule has 0 aromatic heterocycles. The van der Waals surface area contributed by atoms with E-state index in [-0.39, 0.29) is 10.8 Å². The number of hydrogen-bond acceptors (Lipinski definition) is 4. The highest BCUT2D eigenvalue weighted by Crippen LogP contribution is 2.30. The van der Waals surface area contributed by atoms with Crippen LogP contribution < -0.4 is 10.1 Å². The van der Waals surface area contributed by atoms with E-state index in [9.17, 15) is 18.4 Å². The number of nitrogens with one attached hydrogen (secondary N) is 1. The predicted molar refractivity (Wildman–Crippen MR) is 105 cm³/mol. The lowest BCUT2D eigenvalue weighted by Crippen LogP contribution is -2.40. The number of allylic oxidation sites excluding steroid dienone is 1. The van der Waals surface area contributed by atoms with Crippen LogP contribution in [0.1, 0.15) is 18.1 Å². The number of carbonyl (C=O) groups is 2. The number of rotatable bonds is 6. The third kappa shape index (κ3) is 4.60. The normalized spacial score (nSPS) is 19.9. The molecule has 0 bridgehead atoms. The Labute approximate surface area is 170 Å². The lowest BCUT2D eigenvalue weighted by atomic mass is 9.92. The van der Waals surface area contributed by atoms with Crippen LogP contribution in [0, 0.1) is 0 Å². The summed E-state index contributed by atoms with van der Waals surface area (Å²) >= 11 is 6.10. The van der Waals surface area contributed by atoms with Crippen molar-refractivity contribution in [2.45, 2.75) is 19.1 Å². The van der Waals surface area contributed by atoms with Gasteiger partial charge in [0.15, 0.2) is 0 Å². The standard InChI is InChI=1S/C20H16ClF2N3O3/c1-20(14-7-9-16(10-8-14)29-18(22)23)17(27)26(19(28)25-20)24-12-15(21)11-13-5-3-2-4-6-13/h2-12,18H,1H3,(H,25,28)/b15-11-,24-12+. The van der Waals surface area contributed by atoms with Gasteiger partial charge in [0.25, 0.3) is 5.91 Å². The van der Waals surface area contributed by atoms with Gasteiger partial charge >= 0.3 is 12.6 Å². The molecule has 0 aliphatic carbocycles. The number of urea groups is 1. The fourth-order valence-corrected chi connectivity index (χ4v) is 2.92. The summed E-state index contributed by atoms with van der Waals surface area (Å²) in [4.78, 5) is 25.0. The summed E-state index contributed by atoms with van der Waals surface area (Å²) in [5.74, 6) is -0.692. The van der Waals surface area contributed by atoms with Gasteiger partial charge in [0, 0.05) is 0 Å². The van der Waals surface area contributed by atoms with Crippen LogP contribution in [0.3, 0.4) is 0 Å². The summed E-state index contributed by atoms with van der Waals surface area (Å²) in [6.07, 6.45) is 2.82. The van der Waals surface area contributed by atoms with Crippen molar-refractivity contribution in [1.82, 2.24) is 10.3 Å². The summed E-state index contributed by atoms with van der Waals surface area (Å²) in [6, 6.07) is 13.9. The minimum Gasteiger partial charge on any atom is -0.435 e. The molecule has 2 aromatic rings. The molecule has 29 heavy (non-hydrogen) atoms. The fourth-order valence-electron chi connectivity index (χ4n) is 2.75. The van der Waals surface area contributed by atoms with Crippen LogP contribution in [-0.4, -0.2) is 29.8 Å². The molecule has 1 unspecified atom stereocenters. The molecule has 9 heteroatoms. The van der Waals surface area contributed by atoms with Gasteiger partial charge in [-0.2, -0.15) is 13.9 Å². The minimum absolute atomic E-state index is 0.0585. The Morgan fingerprint density at radius 2 is 1.83 bits per heavy atom. The molecule has 3 amide bonds. The zero-order valence-electron chi connectivity index (χ0n) is 15.2. The maximum Gasteiger partial charge on any atom is 0.387 e. The molecule has 1 N–H and O–H groups in total. The van der Waals surface area contributed by atoms with E-state index in [4.69, 9.17) is 11.6 Å². The lowest BCUT2D eigenvalue weighted by Gasteiger charge is -2.21. The first kappa shape index (κ1) is 20.5. The molecule has 3 rings (SSSR count). The Morgan fingerprint density at radius 1 is 1.17 bits per heavy atom. The largest absolute Gasteiger partial charge is 0.435 e. The van der Waals surface area contributed by atoms with E-state index < -0.39 is 24.1 Å². The van der Waals surface area contributed by atoms with E-state index in [1.54, 1.807) is 6.08 Å². The van der Waals surface area contributed by atoms with Crippen LogP contribution in [0.25, 0.3) is 6.08 Å². The maximum atomic E-state index is 12.8. The number of nitrogens with zero attached hydrogens (tertiary/aromatic N) is 2. The van der Waals surface area contributed by atoms with Gasteiger partial charge < -0.3 is 10.1 Å².